The van der Waals surface area contributed by atoms with Crippen molar-refractivity contribution in [2.45, 2.75) is 11.6 Å². The van der Waals surface area contributed by atoms with Crippen LogP contribution in [0.5, 0.6) is 0 Å². The summed E-state index contributed by atoms with van der Waals surface area (Å²) in [7, 11) is -3.07. The molecule has 0 saturated carbocycles. The van der Waals surface area contributed by atoms with Crippen LogP contribution < -0.4 is 5.73 Å². The van der Waals surface area contributed by atoms with E-state index in [4.69, 9.17) is 5.73 Å². The van der Waals surface area contributed by atoms with Crippen LogP contribution in [-0.2, 0) is 21.5 Å². The second-order valence-electron chi connectivity index (χ2n) is 3.40. The molecule has 0 radical (unpaired) electrons. The molecule has 2 aromatic heterocycles. The van der Waals surface area contributed by atoms with Crippen LogP contribution in [0, 0.1) is 0 Å². The fourth-order valence-corrected chi connectivity index (χ4v) is 3.05. The fourth-order valence-electron chi connectivity index (χ4n) is 1.68. The number of sulfone groups is 1. The van der Waals surface area contributed by atoms with E-state index in [-0.39, 0.29) is 17.4 Å². The Hall–Kier alpha value is -1.70. The summed E-state index contributed by atoms with van der Waals surface area (Å²) in [5.41, 5.74) is 6.57. The van der Waals surface area contributed by atoms with Crippen molar-refractivity contribution in [2.24, 2.45) is 0 Å². The zero-order valence-electron chi connectivity index (χ0n) is 7.58. The highest BCUT2D eigenvalue weighted by Crippen LogP contribution is 2.25. The molecule has 2 N–H and O–H groups in total. The number of imidazole rings is 1. The Bertz CT molecular complexity index is 659. The van der Waals surface area contributed by atoms with Crippen LogP contribution in [-0.4, -0.2) is 27.9 Å². The van der Waals surface area contributed by atoms with Crippen molar-refractivity contribution >= 4 is 26.8 Å². The van der Waals surface area contributed by atoms with Gasteiger partial charge in [-0.2, -0.15) is 0 Å². The smallest absolute Gasteiger partial charge is 0.176 e. The summed E-state index contributed by atoms with van der Waals surface area (Å²) in [6.07, 6.45) is 1.30. The van der Waals surface area contributed by atoms with E-state index >= 15 is 0 Å². The third-order valence-corrected chi connectivity index (χ3v) is 3.66. The molecule has 15 heavy (non-hydrogen) atoms. The van der Waals surface area contributed by atoms with Gasteiger partial charge in [0.15, 0.2) is 26.8 Å². The lowest BCUT2D eigenvalue weighted by molar-refractivity contribution is 0.593. The van der Waals surface area contributed by atoms with Crippen molar-refractivity contribution in [3.63, 3.8) is 0 Å². The lowest BCUT2D eigenvalue weighted by Crippen LogP contribution is -2.02. The molecule has 0 spiro atoms. The van der Waals surface area contributed by atoms with Gasteiger partial charge in [0.25, 0.3) is 0 Å². The van der Waals surface area contributed by atoms with E-state index in [1.807, 2.05) is 0 Å². The molecule has 78 valence electrons. The van der Waals surface area contributed by atoms with Gasteiger partial charge in [-0.15, -0.1) is 0 Å². The molecule has 0 aliphatic carbocycles. The van der Waals surface area contributed by atoms with Gasteiger partial charge in [0.1, 0.15) is 23.8 Å². The third kappa shape index (κ3) is 1.11. The van der Waals surface area contributed by atoms with Crippen LogP contribution in [0.2, 0.25) is 0 Å². The molecule has 1 aliphatic rings. The van der Waals surface area contributed by atoms with Gasteiger partial charge >= 0.3 is 0 Å². The summed E-state index contributed by atoms with van der Waals surface area (Å²) in [5.74, 6) is 0.634. The number of hydrogen-bond acceptors (Lipinski definition) is 6. The topological polar surface area (TPSA) is 104 Å². The van der Waals surface area contributed by atoms with E-state index in [2.05, 4.69) is 15.0 Å². The van der Waals surface area contributed by atoms with Gasteiger partial charge in [-0.1, -0.05) is 0 Å². The fraction of sp³-hybridized carbons (Fsp3) is 0.286. The maximum Gasteiger partial charge on any atom is 0.176 e. The van der Waals surface area contributed by atoms with E-state index in [0.29, 0.717) is 17.0 Å². The van der Waals surface area contributed by atoms with Gasteiger partial charge in [-0.3, -0.25) is 4.57 Å². The van der Waals surface area contributed by atoms with Gasteiger partial charge in [-0.25, -0.2) is 23.4 Å². The normalized spacial score (nSPS) is 18.1. The molecule has 8 heteroatoms. The molecule has 3 rings (SSSR count). The Morgan fingerprint density at radius 2 is 2.20 bits per heavy atom. The minimum Gasteiger partial charge on any atom is -0.382 e. The van der Waals surface area contributed by atoms with Crippen LogP contribution in [0.3, 0.4) is 0 Å². The van der Waals surface area contributed by atoms with Crippen LogP contribution in [0.4, 0.5) is 5.82 Å². The zero-order valence-corrected chi connectivity index (χ0v) is 8.40. The average Bonchev–Trinajstić information content (AvgIpc) is 2.59. The highest BCUT2D eigenvalue weighted by molar-refractivity contribution is 7.89. The molecule has 2 aromatic rings. The second kappa shape index (κ2) is 2.45. The van der Waals surface area contributed by atoms with Gasteiger partial charge in [0, 0.05) is 0 Å². The lowest BCUT2D eigenvalue weighted by Gasteiger charge is -1.96. The molecule has 1 aliphatic heterocycles. The van der Waals surface area contributed by atoms with E-state index in [1.165, 1.54) is 6.33 Å². The molecule has 7 nitrogen and oxygen atoms in total. The molecule has 0 fully saturated rings. The molecule has 0 atom stereocenters. The predicted molar refractivity (Wildman–Crippen MR) is 52.4 cm³/mol. The monoisotopic (exact) mass is 225 g/mol. The number of anilines is 1. The summed E-state index contributed by atoms with van der Waals surface area (Å²) in [5, 5.41) is 0. The van der Waals surface area contributed by atoms with Crippen molar-refractivity contribution in [3.8, 4) is 0 Å². The predicted octanol–water partition coefficient (Wildman–Crippen LogP) is -0.706. The first kappa shape index (κ1) is 8.60. The van der Waals surface area contributed by atoms with Crippen molar-refractivity contribution in [1.82, 2.24) is 19.5 Å². The number of nitrogen functional groups attached to an aromatic ring is 1. The highest BCUT2D eigenvalue weighted by Gasteiger charge is 2.29. The zero-order chi connectivity index (χ0) is 10.6. The van der Waals surface area contributed by atoms with Gasteiger partial charge < -0.3 is 5.73 Å². The lowest BCUT2D eigenvalue weighted by atomic mass is 10.5. The van der Waals surface area contributed by atoms with Crippen molar-refractivity contribution in [3.05, 3.63) is 12.2 Å². The summed E-state index contributed by atoms with van der Waals surface area (Å²) < 4.78 is 24.2. The first-order valence-corrected chi connectivity index (χ1v) is 6.05. The summed E-state index contributed by atoms with van der Waals surface area (Å²) in [4.78, 5) is 11.9. The van der Waals surface area contributed by atoms with Crippen LogP contribution >= 0.6 is 0 Å². The van der Waals surface area contributed by atoms with Crippen LogP contribution in [0.15, 0.2) is 6.33 Å². The number of nitrogens with zero attached hydrogens (tertiary/aromatic N) is 4. The summed E-state index contributed by atoms with van der Waals surface area (Å²) in [6, 6.07) is 0. The Labute approximate surface area is 84.9 Å². The second-order valence-corrected chi connectivity index (χ2v) is 5.44. The maximum absolute atomic E-state index is 11.3. The van der Waals surface area contributed by atoms with Crippen LogP contribution in [0.1, 0.15) is 5.82 Å². The maximum atomic E-state index is 11.3. The van der Waals surface area contributed by atoms with Crippen molar-refractivity contribution < 1.29 is 8.42 Å². The minimum atomic E-state index is -3.07. The minimum absolute atomic E-state index is 0.0528. The van der Waals surface area contributed by atoms with Gasteiger partial charge in [0.05, 0.1) is 0 Å². The van der Waals surface area contributed by atoms with Crippen molar-refractivity contribution in [2.75, 3.05) is 5.73 Å². The Morgan fingerprint density at radius 3 is 3.00 bits per heavy atom. The van der Waals surface area contributed by atoms with E-state index in [1.54, 1.807) is 4.57 Å². The standard InChI is InChI=1S/C7H7N5O2S/c8-6-5-7(10-2-9-6)12-3-15(13,14)1-4(12)11-5/h2H,1,3H2,(H2,8,9,10). The SMILES string of the molecule is Nc1ncnc2c1nc1n2CS(=O)(=O)C1. The number of nitrogens with two attached hydrogens (primary N) is 1. The number of rotatable bonds is 0. The first-order valence-electron chi connectivity index (χ1n) is 4.23. The van der Waals surface area contributed by atoms with E-state index < -0.39 is 9.84 Å². The number of aromatic nitrogens is 4. The molecule has 0 amide bonds. The van der Waals surface area contributed by atoms with E-state index in [0.717, 1.165) is 0 Å². The Kier molecular flexibility index (Phi) is 1.41. The molecule has 0 aromatic carbocycles. The quantitative estimate of drug-likeness (QED) is 0.635. The number of hydrogen-bond donors (Lipinski definition) is 1. The molecular weight excluding hydrogens is 218 g/mol. The van der Waals surface area contributed by atoms with Gasteiger partial charge in [0.2, 0.25) is 0 Å². The molecule has 0 bridgehead atoms. The highest BCUT2D eigenvalue weighted by atomic mass is 32.2. The Morgan fingerprint density at radius 1 is 1.40 bits per heavy atom. The molecule has 0 unspecified atom stereocenters. The van der Waals surface area contributed by atoms with E-state index in [9.17, 15) is 8.42 Å². The molecule has 3 heterocycles. The molecule has 0 saturated heterocycles. The average molecular weight is 225 g/mol. The Balaban J connectivity index is 2.37. The van der Waals surface area contributed by atoms with Crippen LogP contribution in [0.25, 0.3) is 11.2 Å². The third-order valence-electron chi connectivity index (χ3n) is 2.31. The van der Waals surface area contributed by atoms with Gasteiger partial charge in [-0.05, 0) is 0 Å². The largest absolute Gasteiger partial charge is 0.382 e. The summed E-state index contributed by atoms with van der Waals surface area (Å²) in [6.45, 7) is 0. The first-order chi connectivity index (χ1) is 7.07. The summed E-state index contributed by atoms with van der Waals surface area (Å²) >= 11 is 0. The number of fused-ring (bicyclic) bond motifs is 3. The molecular formula is C7H7N5O2S. The van der Waals surface area contributed by atoms with Crippen molar-refractivity contribution in [1.29, 1.82) is 0 Å².